The molecule has 0 saturated heterocycles. The molecule has 1 aromatic heterocycles. The molecule has 2 aromatic carbocycles. The van der Waals surface area contributed by atoms with Gasteiger partial charge in [-0.2, -0.15) is 0 Å². The zero-order valence-corrected chi connectivity index (χ0v) is 14.6. The highest BCUT2D eigenvalue weighted by molar-refractivity contribution is 7.26. The van der Waals surface area contributed by atoms with Crippen LogP contribution in [0.1, 0.15) is 27.7 Å². The normalized spacial score (nSPS) is 13.0. The molecule has 0 bridgehead atoms. The van der Waals surface area contributed by atoms with Crippen LogP contribution in [0, 0.1) is 5.82 Å². The SMILES string of the molecule is CC(C)(O)C(C)(C)OBc1cccc2sc3c(F)cccc3c12. The van der Waals surface area contributed by atoms with Crippen molar-refractivity contribution < 1.29 is 14.2 Å². The van der Waals surface area contributed by atoms with Gasteiger partial charge in [0.1, 0.15) is 5.82 Å². The van der Waals surface area contributed by atoms with Crippen LogP contribution in [-0.4, -0.2) is 23.8 Å². The summed E-state index contributed by atoms with van der Waals surface area (Å²) in [4.78, 5) is 0. The Kier molecular flexibility index (Phi) is 3.99. The highest BCUT2D eigenvalue weighted by Crippen LogP contribution is 2.34. The topological polar surface area (TPSA) is 29.5 Å². The molecular weight excluding hydrogens is 310 g/mol. The number of benzene rings is 2. The zero-order chi connectivity index (χ0) is 16.8. The van der Waals surface area contributed by atoms with Gasteiger partial charge in [0.25, 0.3) is 0 Å². The maximum atomic E-state index is 14.0. The fourth-order valence-corrected chi connectivity index (χ4v) is 3.60. The largest absolute Gasteiger partial charge is 0.427 e. The molecule has 0 fully saturated rings. The van der Waals surface area contributed by atoms with Crippen LogP contribution in [0.15, 0.2) is 36.4 Å². The number of hydrogen-bond acceptors (Lipinski definition) is 3. The lowest BCUT2D eigenvalue weighted by atomic mass is 9.80. The summed E-state index contributed by atoms with van der Waals surface area (Å²) in [6.45, 7) is 7.23. The van der Waals surface area contributed by atoms with Crippen LogP contribution in [0.5, 0.6) is 0 Å². The van der Waals surface area contributed by atoms with E-state index >= 15 is 0 Å². The fourth-order valence-electron chi connectivity index (χ4n) is 2.44. The molecule has 0 aliphatic heterocycles. The molecule has 1 heterocycles. The Hall–Kier alpha value is -1.43. The summed E-state index contributed by atoms with van der Waals surface area (Å²) in [6, 6.07) is 11.1. The van der Waals surface area contributed by atoms with Gasteiger partial charge in [0, 0.05) is 10.1 Å². The van der Waals surface area contributed by atoms with Gasteiger partial charge < -0.3 is 9.76 Å². The molecule has 0 radical (unpaired) electrons. The van der Waals surface area contributed by atoms with Gasteiger partial charge in [-0.1, -0.05) is 24.3 Å². The molecule has 0 atom stereocenters. The van der Waals surface area contributed by atoms with E-state index in [-0.39, 0.29) is 5.82 Å². The number of fused-ring (bicyclic) bond motifs is 3. The Bertz CT molecular complexity index is 864. The molecule has 5 heteroatoms. The van der Waals surface area contributed by atoms with Crippen LogP contribution < -0.4 is 5.46 Å². The Morgan fingerprint density at radius 2 is 1.78 bits per heavy atom. The van der Waals surface area contributed by atoms with Crippen LogP contribution in [0.3, 0.4) is 0 Å². The van der Waals surface area contributed by atoms with Gasteiger partial charge in [-0.3, -0.25) is 0 Å². The van der Waals surface area contributed by atoms with Crippen molar-refractivity contribution in [3.05, 3.63) is 42.2 Å². The Morgan fingerprint density at radius 3 is 2.48 bits per heavy atom. The van der Waals surface area contributed by atoms with E-state index < -0.39 is 11.2 Å². The number of aliphatic hydroxyl groups is 1. The lowest BCUT2D eigenvalue weighted by molar-refractivity contribution is -0.0893. The minimum absolute atomic E-state index is 0.188. The molecule has 23 heavy (non-hydrogen) atoms. The predicted molar refractivity (Wildman–Crippen MR) is 97.5 cm³/mol. The first-order chi connectivity index (χ1) is 10.7. The van der Waals surface area contributed by atoms with Crippen molar-refractivity contribution in [2.45, 2.75) is 38.9 Å². The molecule has 0 aliphatic carbocycles. The minimum atomic E-state index is -0.955. The monoisotopic (exact) mass is 330 g/mol. The fraction of sp³-hybridized carbons (Fsp3) is 0.333. The van der Waals surface area contributed by atoms with Crippen LogP contribution in [0.25, 0.3) is 20.2 Å². The first-order valence-electron chi connectivity index (χ1n) is 7.66. The third kappa shape index (κ3) is 2.89. The molecule has 0 spiro atoms. The first-order valence-corrected chi connectivity index (χ1v) is 8.47. The maximum Gasteiger partial charge on any atom is 0.310 e. The average molecular weight is 330 g/mol. The number of rotatable bonds is 4. The third-order valence-electron chi connectivity index (χ3n) is 4.62. The summed E-state index contributed by atoms with van der Waals surface area (Å²) in [7, 11) is 0.372. The van der Waals surface area contributed by atoms with E-state index in [1.165, 1.54) is 17.4 Å². The van der Waals surface area contributed by atoms with Crippen molar-refractivity contribution in [1.82, 2.24) is 0 Å². The second-order valence-electron chi connectivity index (χ2n) is 6.87. The highest BCUT2D eigenvalue weighted by Gasteiger charge is 2.35. The Morgan fingerprint density at radius 1 is 1.09 bits per heavy atom. The minimum Gasteiger partial charge on any atom is -0.427 e. The molecule has 1 N–H and O–H groups in total. The van der Waals surface area contributed by atoms with Crippen LogP contribution in [0.2, 0.25) is 0 Å². The van der Waals surface area contributed by atoms with Crippen molar-refractivity contribution in [1.29, 1.82) is 0 Å². The average Bonchev–Trinajstić information content (AvgIpc) is 2.85. The summed E-state index contributed by atoms with van der Waals surface area (Å²) >= 11 is 1.46. The van der Waals surface area contributed by atoms with Crippen molar-refractivity contribution >= 4 is 44.5 Å². The first kappa shape index (κ1) is 16.4. The number of halogens is 1. The van der Waals surface area contributed by atoms with Crippen LogP contribution >= 0.6 is 11.3 Å². The van der Waals surface area contributed by atoms with Crippen molar-refractivity contribution in [3.8, 4) is 0 Å². The molecule has 2 nitrogen and oxygen atoms in total. The van der Waals surface area contributed by atoms with Crippen molar-refractivity contribution in [2.24, 2.45) is 0 Å². The molecule has 0 aliphatic rings. The van der Waals surface area contributed by atoms with Crippen molar-refractivity contribution in [2.75, 3.05) is 0 Å². The van der Waals surface area contributed by atoms with E-state index in [1.807, 2.05) is 38.1 Å². The zero-order valence-electron chi connectivity index (χ0n) is 13.8. The second-order valence-corrected chi connectivity index (χ2v) is 7.92. The molecular formula is C18H20BFO2S. The quantitative estimate of drug-likeness (QED) is 0.739. The van der Waals surface area contributed by atoms with Gasteiger partial charge in [-0.15, -0.1) is 11.3 Å². The Balaban J connectivity index is 2.05. The molecule has 120 valence electrons. The van der Waals surface area contributed by atoms with E-state index in [0.29, 0.717) is 12.2 Å². The second kappa shape index (κ2) is 5.58. The summed E-state index contributed by atoms with van der Waals surface area (Å²) < 4.78 is 21.8. The number of hydrogen-bond donors (Lipinski definition) is 1. The number of thiophene rings is 1. The summed E-state index contributed by atoms with van der Waals surface area (Å²) in [5, 5.41) is 12.2. The summed E-state index contributed by atoms with van der Waals surface area (Å²) in [5.41, 5.74) is -0.632. The van der Waals surface area contributed by atoms with Crippen LogP contribution in [0.4, 0.5) is 4.39 Å². The van der Waals surface area contributed by atoms with Crippen molar-refractivity contribution in [3.63, 3.8) is 0 Å². The van der Waals surface area contributed by atoms with E-state index in [0.717, 1.165) is 20.9 Å². The predicted octanol–water partition coefficient (Wildman–Crippen LogP) is 3.74. The standard InChI is InChI=1S/C18H20BFO2S/c1-17(2,21)18(3,4)22-19-12-8-6-10-14-15(12)11-7-5-9-13(20)16(11)23-14/h5-10,19,21H,1-4H3. The van der Waals surface area contributed by atoms with Gasteiger partial charge >= 0.3 is 7.48 Å². The molecule has 0 amide bonds. The maximum absolute atomic E-state index is 14.0. The van der Waals surface area contributed by atoms with Crippen LogP contribution in [-0.2, 0) is 4.65 Å². The van der Waals surface area contributed by atoms with Gasteiger partial charge in [-0.05, 0) is 50.7 Å². The van der Waals surface area contributed by atoms with Gasteiger partial charge in [0.2, 0.25) is 0 Å². The van der Waals surface area contributed by atoms with E-state index in [9.17, 15) is 9.50 Å². The Labute approximate surface area is 140 Å². The van der Waals surface area contributed by atoms with E-state index in [1.54, 1.807) is 19.9 Å². The highest BCUT2D eigenvalue weighted by atomic mass is 32.1. The molecule has 3 aromatic rings. The summed E-state index contributed by atoms with van der Waals surface area (Å²) in [5.74, 6) is -0.188. The van der Waals surface area contributed by atoms with E-state index in [2.05, 4.69) is 0 Å². The smallest absolute Gasteiger partial charge is 0.310 e. The lowest BCUT2D eigenvalue weighted by Crippen LogP contribution is -2.49. The molecule has 0 unspecified atom stereocenters. The molecule has 3 rings (SSSR count). The van der Waals surface area contributed by atoms with E-state index in [4.69, 9.17) is 4.65 Å². The van der Waals surface area contributed by atoms with Gasteiger partial charge in [0.05, 0.1) is 15.9 Å². The molecule has 0 saturated carbocycles. The lowest BCUT2D eigenvalue weighted by Gasteiger charge is -2.37. The third-order valence-corrected chi connectivity index (χ3v) is 5.80. The summed E-state index contributed by atoms with van der Waals surface area (Å²) in [6.07, 6.45) is 0. The van der Waals surface area contributed by atoms with Gasteiger partial charge in [0.15, 0.2) is 0 Å². The van der Waals surface area contributed by atoms with Gasteiger partial charge in [-0.25, -0.2) is 4.39 Å².